The van der Waals surface area contributed by atoms with Crippen LogP contribution < -0.4 is 11.1 Å². The summed E-state index contributed by atoms with van der Waals surface area (Å²) < 4.78 is 43.9. The first-order valence-electron chi connectivity index (χ1n) is 8.98. The number of piperidine rings is 1. The van der Waals surface area contributed by atoms with Gasteiger partial charge < -0.3 is 20.7 Å². The van der Waals surface area contributed by atoms with Crippen LogP contribution in [0.25, 0.3) is 0 Å². The fourth-order valence-corrected chi connectivity index (χ4v) is 2.85. The van der Waals surface area contributed by atoms with Crippen LogP contribution in [0.1, 0.15) is 44.9 Å². The van der Waals surface area contributed by atoms with E-state index in [1.807, 2.05) is 20.8 Å². The topological polar surface area (TPSA) is 80.5 Å². The van der Waals surface area contributed by atoms with Gasteiger partial charge in [0.15, 0.2) is 0 Å². The second-order valence-corrected chi connectivity index (χ2v) is 7.70. The number of ether oxygens (including phenoxy) is 1. The van der Waals surface area contributed by atoms with Gasteiger partial charge in [0.25, 0.3) is 0 Å². The summed E-state index contributed by atoms with van der Waals surface area (Å²) in [6, 6.07) is 2.29. The number of carbonyl (C=O) groups is 1. The number of nitrogens with one attached hydrogen (secondary N) is 1. The summed E-state index contributed by atoms with van der Waals surface area (Å²) in [5.74, 6) is 0.396. The van der Waals surface area contributed by atoms with Gasteiger partial charge in [-0.15, -0.1) is 0 Å². The van der Waals surface area contributed by atoms with Crippen molar-refractivity contribution < 1.29 is 22.7 Å². The van der Waals surface area contributed by atoms with E-state index >= 15 is 0 Å². The maximum Gasteiger partial charge on any atom is 0.433 e. The summed E-state index contributed by atoms with van der Waals surface area (Å²) >= 11 is 0. The fourth-order valence-electron chi connectivity index (χ4n) is 2.85. The van der Waals surface area contributed by atoms with E-state index in [-0.39, 0.29) is 24.4 Å². The van der Waals surface area contributed by atoms with Crippen molar-refractivity contribution in [1.29, 1.82) is 0 Å². The Morgan fingerprint density at radius 1 is 1.30 bits per heavy atom. The Labute approximate surface area is 157 Å². The number of hydrogen-bond donors (Lipinski definition) is 2. The van der Waals surface area contributed by atoms with Crippen LogP contribution in [0, 0.1) is 5.92 Å². The van der Waals surface area contributed by atoms with E-state index in [1.165, 1.54) is 6.07 Å². The molecule has 1 aliphatic heterocycles. The van der Waals surface area contributed by atoms with E-state index in [1.54, 1.807) is 4.90 Å². The minimum absolute atomic E-state index is 0.102. The van der Waals surface area contributed by atoms with Crippen LogP contribution in [0.2, 0.25) is 0 Å². The number of hydrogen-bond acceptors (Lipinski definition) is 5. The lowest BCUT2D eigenvalue weighted by Crippen LogP contribution is -2.42. The second-order valence-electron chi connectivity index (χ2n) is 7.70. The number of nitrogens with zero attached hydrogens (tertiary/aromatic N) is 2. The number of halogens is 3. The van der Waals surface area contributed by atoms with Crippen LogP contribution in [0.15, 0.2) is 12.1 Å². The monoisotopic (exact) mass is 388 g/mol. The third kappa shape index (κ3) is 6.27. The quantitative estimate of drug-likeness (QED) is 0.824. The van der Waals surface area contributed by atoms with Crippen LogP contribution >= 0.6 is 0 Å². The van der Waals surface area contributed by atoms with Crippen molar-refractivity contribution >= 4 is 11.9 Å². The molecule has 6 nitrogen and oxygen atoms in total. The Morgan fingerprint density at radius 3 is 2.44 bits per heavy atom. The second kappa shape index (κ2) is 8.33. The summed E-state index contributed by atoms with van der Waals surface area (Å²) in [6.45, 7) is 7.14. The molecule has 9 heteroatoms. The summed E-state index contributed by atoms with van der Waals surface area (Å²) in [5, 5.41) is 3.00. The van der Waals surface area contributed by atoms with Crippen molar-refractivity contribution in [3.05, 3.63) is 23.4 Å². The first-order valence-corrected chi connectivity index (χ1v) is 8.98. The molecule has 2 rings (SSSR count). The van der Waals surface area contributed by atoms with Gasteiger partial charge >= 0.3 is 12.3 Å². The standard InChI is InChI=1S/C18H27F3N4O2/c1-17(2,3)27-16(26)25-8-6-12(7-9-25)11-23-15-13(10-22)4-5-14(24-15)18(19,20)21/h4-5,12H,6-11,22H2,1-3H3,(H,23,24). The van der Waals surface area contributed by atoms with E-state index in [2.05, 4.69) is 10.3 Å². The van der Waals surface area contributed by atoms with Crippen molar-refractivity contribution in [3.63, 3.8) is 0 Å². The van der Waals surface area contributed by atoms with E-state index in [4.69, 9.17) is 10.5 Å². The Balaban J connectivity index is 1.91. The molecule has 1 aromatic heterocycles. The minimum Gasteiger partial charge on any atom is -0.444 e. The SMILES string of the molecule is CC(C)(C)OC(=O)N1CCC(CNc2nc(C(F)(F)F)ccc2CN)CC1. The number of pyridine rings is 1. The normalized spacial score (nSPS) is 16.3. The largest absolute Gasteiger partial charge is 0.444 e. The Morgan fingerprint density at radius 2 is 1.93 bits per heavy atom. The molecule has 0 saturated carbocycles. The Bertz CT molecular complexity index is 651. The lowest BCUT2D eigenvalue weighted by Gasteiger charge is -2.33. The van der Waals surface area contributed by atoms with Gasteiger partial charge in [-0.2, -0.15) is 13.2 Å². The van der Waals surface area contributed by atoms with E-state index in [0.29, 0.717) is 25.2 Å². The van der Waals surface area contributed by atoms with E-state index in [0.717, 1.165) is 18.9 Å². The molecule has 0 atom stereocenters. The van der Waals surface area contributed by atoms with E-state index in [9.17, 15) is 18.0 Å². The smallest absolute Gasteiger partial charge is 0.433 e. The number of alkyl halides is 3. The molecule has 27 heavy (non-hydrogen) atoms. The Kier molecular flexibility index (Phi) is 6.56. The molecule has 3 N–H and O–H groups in total. The van der Waals surface area contributed by atoms with Crippen LogP contribution in [0.5, 0.6) is 0 Å². The number of anilines is 1. The maximum atomic E-state index is 12.9. The highest BCUT2D eigenvalue weighted by atomic mass is 19.4. The molecular weight excluding hydrogens is 361 g/mol. The predicted octanol–water partition coefficient (Wildman–Crippen LogP) is 3.62. The number of nitrogens with two attached hydrogens (primary N) is 1. The van der Waals surface area contributed by atoms with Gasteiger partial charge in [0, 0.05) is 31.7 Å². The number of likely N-dealkylation sites (tertiary alicyclic amines) is 1. The summed E-state index contributed by atoms with van der Waals surface area (Å²) in [7, 11) is 0. The Hall–Kier alpha value is -2.03. The molecule has 1 aliphatic rings. The lowest BCUT2D eigenvalue weighted by molar-refractivity contribution is -0.141. The molecule has 0 aliphatic carbocycles. The molecule has 1 saturated heterocycles. The van der Waals surface area contributed by atoms with Crippen molar-refractivity contribution in [3.8, 4) is 0 Å². The van der Waals surface area contributed by atoms with Gasteiger partial charge in [-0.1, -0.05) is 6.07 Å². The third-order valence-electron chi connectivity index (χ3n) is 4.31. The number of aromatic nitrogens is 1. The van der Waals surface area contributed by atoms with Gasteiger partial charge in [0.1, 0.15) is 17.1 Å². The molecule has 1 amide bonds. The zero-order chi connectivity index (χ0) is 20.2. The molecule has 1 aromatic rings. The van der Waals surface area contributed by atoms with Gasteiger partial charge in [-0.25, -0.2) is 9.78 Å². The zero-order valence-electron chi connectivity index (χ0n) is 15.9. The van der Waals surface area contributed by atoms with Gasteiger partial charge in [-0.05, 0) is 45.6 Å². The summed E-state index contributed by atoms with van der Waals surface area (Å²) in [5.41, 5.74) is 4.66. The highest BCUT2D eigenvalue weighted by Gasteiger charge is 2.33. The molecule has 2 heterocycles. The zero-order valence-corrected chi connectivity index (χ0v) is 15.9. The molecule has 0 spiro atoms. The third-order valence-corrected chi connectivity index (χ3v) is 4.31. The van der Waals surface area contributed by atoms with E-state index < -0.39 is 17.5 Å². The highest BCUT2D eigenvalue weighted by Crippen LogP contribution is 2.29. The number of amides is 1. The van der Waals surface area contributed by atoms with Gasteiger partial charge in [-0.3, -0.25) is 0 Å². The molecule has 152 valence electrons. The molecule has 0 aromatic carbocycles. The maximum absolute atomic E-state index is 12.9. The lowest BCUT2D eigenvalue weighted by atomic mass is 9.97. The van der Waals surface area contributed by atoms with Crippen LogP contribution in [0.4, 0.5) is 23.8 Å². The molecular formula is C18H27F3N4O2. The van der Waals surface area contributed by atoms with Crippen molar-refractivity contribution in [1.82, 2.24) is 9.88 Å². The van der Waals surface area contributed by atoms with Crippen molar-refractivity contribution in [2.45, 2.75) is 51.9 Å². The summed E-state index contributed by atoms with van der Waals surface area (Å²) in [6.07, 6.45) is -3.35. The average Bonchev–Trinajstić information content (AvgIpc) is 2.57. The predicted molar refractivity (Wildman–Crippen MR) is 96.2 cm³/mol. The first kappa shape index (κ1) is 21.3. The van der Waals surface area contributed by atoms with Crippen molar-refractivity contribution in [2.24, 2.45) is 11.7 Å². The summed E-state index contributed by atoms with van der Waals surface area (Å²) in [4.78, 5) is 17.4. The molecule has 1 fully saturated rings. The van der Waals surface area contributed by atoms with Gasteiger partial charge in [0.2, 0.25) is 0 Å². The highest BCUT2D eigenvalue weighted by molar-refractivity contribution is 5.68. The van der Waals surface area contributed by atoms with Crippen LogP contribution in [-0.2, 0) is 17.5 Å². The number of rotatable bonds is 4. The number of carbonyl (C=O) groups excluding carboxylic acids is 1. The molecule has 0 bridgehead atoms. The van der Waals surface area contributed by atoms with Crippen LogP contribution in [0.3, 0.4) is 0 Å². The minimum atomic E-state index is -4.50. The fraction of sp³-hybridized carbons (Fsp3) is 0.667. The molecule has 0 radical (unpaired) electrons. The van der Waals surface area contributed by atoms with Crippen molar-refractivity contribution in [2.75, 3.05) is 25.0 Å². The average molecular weight is 388 g/mol. The van der Waals surface area contributed by atoms with Gasteiger partial charge in [0.05, 0.1) is 0 Å². The molecule has 0 unspecified atom stereocenters. The van der Waals surface area contributed by atoms with Crippen LogP contribution in [-0.4, -0.2) is 41.2 Å². The first-order chi connectivity index (χ1) is 12.5.